The van der Waals surface area contributed by atoms with E-state index < -0.39 is 29.3 Å². The average molecular weight is 433 g/mol. The molecule has 3 aromatic rings. The molecule has 1 unspecified atom stereocenters. The van der Waals surface area contributed by atoms with Crippen LogP contribution in [0.1, 0.15) is 22.7 Å². The van der Waals surface area contributed by atoms with Crippen LogP contribution in [-0.2, 0) is 9.59 Å². The lowest BCUT2D eigenvalue weighted by Gasteiger charge is -2.26. The molecule has 0 radical (unpaired) electrons. The van der Waals surface area contributed by atoms with Crippen LogP contribution in [0, 0.1) is 12.7 Å². The Balaban J connectivity index is 2.01. The molecule has 1 heterocycles. The number of carbonyl (C=O) groups excluding carboxylic acids is 2. The van der Waals surface area contributed by atoms with Crippen LogP contribution in [0.3, 0.4) is 0 Å². The first-order valence-corrected chi connectivity index (χ1v) is 9.83. The molecule has 1 aliphatic heterocycles. The van der Waals surface area contributed by atoms with Gasteiger partial charge in [-0.15, -0.1) is 0 Å². The van der Waals surface area contributed by atoms with Crippen molar-refractivity contribution in [1.82, 2.24) is 0 Å². The van der Waals surface area contributed by atoms with E-state index in [2.05, 4.69) is 0 Å². The molecule has 7 heteroatoms. The van der Waals surface area contributed by atoms with Crippen LogP contribution in [-0.4, -0.2) is 29.0 Å². The van der Waals surface area contributed by atoms with Gasteiger partial charge in [0, 0.05) is 0 Å². The largest absolute Gasteiger partial charge is 0.507 e. The number of aryl methyl sites for hydroxylation is 1. The number of ketones is 1. The Bertz CT molecular complexity index is 1250. The van der Waals surface area contributed by atoms with E-state index in [1.165, 1.54) is 43.5 Å². The summed E-state index contributed by atoms with van der Waals surface area (Å²) in [6.07, 6.45) is 0. The van der Waals surface area contributed by atoms with Crippen molar-refractivity contribution in [1.29, 1.82) is 0 Å². The Kier molecular flexibility index (Phi) is 5.40. The maximum absolute atomic E-state index is 13.6. The lowest BCUT2D eigenvalue weighted by molar-refractivity contribution is -0.132. The Hall–Kier alpha value is -4.13. The maximum Gasteiger partial charge on any atom is 0.300 e. The fraction of sp³-hybridized carbons (Fsp3) is 0.120. The highest BCUT2D eigenvalue weighted by atomic mass is 19.1. The van der Waals surface area contributed by atoms with Crippen molar-refractivity contribution in [2.45, 2.75) is 13.0 Å². The molecule has 1 saturated heterocycles. The molecule has 0 aliphatic carbocycles. The number of methoxy groups -OCH3 is 1. The number of aromatic hydroxyl groups is 1. The molecular weight excluding hydrogens is 413 g/mol. The Labute approximate surface area is 183 Å². The molecule has 162 valence electrons. The minimum atomic E-state index is -1.09. The number of rotatable bonds is 4. The summed E-state index contributed by atoms with van der Waals surface area (Å²) in [4.78, 5) is 27.3. The van der Waals surface area contributed by atoms with Gasteiger partial charge in [0.05, 0.1) is 30.0 Å². The zero-order valence-electron chi connectivity index (χ0n) is 17.4. The van der Waals surface area contributed by atoms with Crippen LogP contribution < -0.4 is 9.64 Å². The zero-order chi connectivity index (χ0) is 23.0. The summed E-state index contributed by atoms with van der Waals surface area (Å²) in [5.74, 6) is -2.66. The number of hydrogen-bond acceptors (Lipinski definition) is 5. The number of anilines is 1. The lowest BCUT2D eigenvalue weighted by atomic mass is 9.94. The number of para-hydroxylation sites is 2. The average Bonchev–Trinajstić information content (AvgIpc) is 3.04. The smallest absolute Gasteiger partial charge is 0.300 e. The Morgan fingerprint density at radius 1 is 1.03 bits per heavy atom. The van der Waals surface area contributed by atoms with Crippen LogP contribution in [0.2, 0.25) is 0 Å². The molecule has 1 fully saturated rings. The number of phenolic OH excluding ortho intramolecular Hbond substituents is 1. The highest BCUT2D eigenvalue weighted by Crippen LogP contribution is 2.45. The summed E-state index contributed by atoms with van der Waals surface area (Å²) >= 11 is 0. The summed E-state index contributed by atoms with van der Waals surface area (Å²) < 4.78 is 18.9. The Morgan fingerprint density at radius 3 is 2.38 bits per heavy atom. The van der Waals surface area contributed by atoms with Crippen molar-refractivity contribution in [3.05, 3.63) is 94.8 Å². The molecule has 0 aromatic heterocycles. The number of carbonyl (C=O) groups is 2. The summed E-state index contributed by atoms with van der Waals surface area (Å²) in [7, 11) is 1.43. The van der Waals surface area contributed by atoms with Crippen molar-refractivity contribution in [3.63, 3.8) is 0 Å². The van der Waals surface area contributed by atoms with Gasteiger partial charge < -0.3 is 14.9 Å². The van der Waals surface area contributed by atoms with Crippen LogP contribution in [0.25, 0.3) is 5.76 Å². The van der Waals surface area contributed by atoms with Gasteiger partial charge >= 0.3 is 0 Å². The minimum absolute atomic E-state index is 0.0965. The van der Waals surface area contributed by atoms with Crippen LogP contribution in [0.5, 0.6) is 11.5 Å². The fourth-order valence-corrected chi connectivity index (χ4v) is 3.86. The molecule has 1 aliphatic rings. The predicted octanol–water partition coefficient (Wildman–Crippen LogP) is 4.47. The normalized spacial score (nSPS) is 17.6. The summed E-state index contributed by atoms with van der Waals surface area (Å²) in [6, 6.07) is 15.3. The van der Waals surface area contributed by atoms with E-state index in [9.17, 15) is 24.2 Å². The van der Waals surface area contributed by atoms with Gasteiger partial charge in [-0.05, 0) is 48.9 Å². The maximum atomic E-state index is 13.6. The standard InChI is InChI=1S/C25H20FNO5/c1-14-7-12-20(32-2)17(13-14)23(29)21-22(15-8-10-16(26)11-9-15)27(25(31)24(21)30)18-5-3-4-6-19(18)28/h3-13,22,28-29H,1-2H3/b23-21+. The Morgan fingerprint density at radius 2 is 1.72 bits per heavy atom. The second-order valence-electron chi connectivity index (χ2n) is 7.41. The molecule has 1 amide bonds. The second kappa shape index (κ2) is 8.19. The third kappa shape index (κ3) is 3.47. The number of hydrogen-bond donors (Lipinski definition) is 2. The van der Waals surface area contributed by atoms with E-state index in [-0.39, 0.29) is 22.6 Å². The SMILES string of the molecule is COc1ccc(C)cc1/C(O)=C1\C(=O)C(=O)N(c2ccccc2O)C1c1ccc(F)cc1. The lowest BCUT2D eigenvalue weighted by Crippen LogP contribution is -2.29. The predicted molar refractivity (Wildman–Crippen MR) is 117 cm³/mol. The van der Waals surface area contributed by atoms with Gasteiger partial charge in [-0.25, -0.2) is 4.39 Å². The fourth-order valence-electron chi connectivity index (χ4n) is 3.86. The third-order valence-electron chi connectivity index (χ3n) is 5.38. The molecule has 2 N–H and O–H groups in total. The second-order valence-corrected chi connectivity index (χ2v) is 7.41. The van der Waals surface area contributed by atoms with Gasteiger partial charge in [-0.3, -0.25) is 14.5 Å². The van der Waals surface area contributed by atoms with Crippen molar-refractivity contribution >= 4 is 23.1 Å². The number of amides is 1. The summed E-state index contributed by atoms with van der Waals surface area (Å²) in [5, 5.41) is 21.6. The van der Waals surface area contributed by atoms with E-state index in [4.69, 9.17) is 4.74 Å². The summed E-state index contributed by atoms with van der Waals surface area (Å²) in [6.45, 7) is 1.81. The highest BCUT2D eigenvalue weighted by Gasteiger charge is 2.47. The van der Waals surface area contributed by atoms with Crippen molar-refractivity contribution in [2.75, 3.05) is 12.0 Å². The van der Waals surface area contributed by atoms with Gasteiger partial charge in [0.15, 0.2) is 0 Å². The molecule has 1 atom stereocenters. The molecular formula is C25H20FNO5. The van der Waals surface area contributed by atoms with E-state index in [0.29, 0.717) is 11.3 Å². The number of benzene rings is 3. The first-order valence-electron chi connectivity index (χ1n) is 9.83. The first-order chi connectivity index (χ1) is 15.3. The topological polar surface area (TPSA) is 87.1 Å². The first kappa shape index (κ1) is 21.1. The van der Waals surface area contributed by atoms with Crippen molar-refractivity contribution in [2.24, 2.45) is 0 Å². The summed E-state index contributed by atoms with van der Waals surface area (Å²) in [5.41, 5.74) is 1.35. The van der Waals surface area contributed by atoms with Gasteiger partial charge in [-0.1, -0.05) is 35.9 Å². The van der Waals surface area contributed by atoms with Gasteiger partial charge in [-0.2, -0.15) is 0 Å². The van der Waals surface area contributed by atoms with Gasteiger partial charge in [0.1, 0.15) is 23.1 Å². The van der Waals surface area contributed by atoms with Crippen LogP contribution in [0.15, 0.2) is 72.3 Å². The van der Waals surface area contributed by atoms with Crippen LogP contribution >= 0.6 is 0 Å². The highest BCUT2D eigenvalue weighted by molar-refractivity contribution is 6.52. The number of phenols is 1. The van der Waals surface area contributed by atoms with Crippen molar-refractivity contribution in [3.8, 4) is 11.5 Å². The van der Waals surface area contributed by atoms with E-state index in [1.807, 2.05) is 6.92 Å². The zero-order valence-corrected chi connectivity index (χ0v) is 17.4. The molecule has 6 nitrogen and oxygen atoms in total. The third-order valence-corrected chi connectivity index (χ3v) is 5.38. The number of nitrogens with zero attached hydrogens (tertiary/aromatic N) is 1. The number of ether oxygens (including phenoxy) is 1. The monoisotopic (exact) mass is 433 g/mol. The van der Waals surface area contributed by atoms with Gasteiger partial charge in [0.25, 0.3) is 11.7 Å². The van der Waals surface area contributed by atoms with Gasteiger partial charge in [0.2, 0.25) is 0 Å². The van der Waals surface area contributed by atoms with E-state index in [0.717, 1.165) is 10.5 Å². The van der Waals surface area contributed by atoms with E-state index >= 15 is 0 Å². The number of aliphatic hydroxyl groups is 1. The molecule has 3 aromatic carbocycles. The molecule has 0 saturated carbocycles. The molecule has 32 heavy (non-hydrogen) atoms. The molecule has 0 spiro atoms. The molecule has 4 rings (SSSR count). The number of Topliss-reactive ketones (excluding diaryl/α,β-unsaturated/α-hetero) is 1. The number of aliphatic hydroxyl groups excluding tert-OH is 1. The number of halogens is 1. The quantitative estimate of drug-likeness (QED) is 0.360. The van der Waals surface area contributed by atoms with Crippen LogP contribution in [0.4, 0.5) is 10.1 Å². The molecule has 0 bridgehead atoms. The minimum Gasteiger partial charge on any atom is -0.507 e. The van der Waals surface area contributed by atoms with Crippen molar-refractivity contribution < 1.29 is 28.9 Å². The van der Waals surface area contributed by atoms with E-state index in [1.54, 1.807) is 30.3 Å².